The third-order valence-electron chi connectivity index (χ3n) is 5.46. The molecule has 3 heterocycles. The third kappa shape index (κ3) is 5.60. The van der Waals surface area contributed by atoms with Gasteiger partial charge in [-0.3, -0.25) is 14.6 Å². The quantitative estimate of drug-likeness (QED) is 0.703. The molecular formula is C20H24F3N5O3. The maximum atomic E-state index is 12.9. The van der Waals surface area contributed by atoms with Crippen LogP contribution in [0.5, 0.6) is 0 Å². The molecule has 2 saturated heterocycles. The summed E-state index contributed by atoms with van der Waals surface area (Å²) in [6, 6.07) is 4.85. The molecule has 2 aromatic rings. The van der Waals surface area contributed by atoms with Crippen LogP contribution in [0.4, 0.5) is 13.2 Å². The number of ether oxygens (including phenoxy) is 1. The molecule has 8 nitrogen and oxygen atoms in total. The summed E-state index contributed by atoms with van der Waals surface area (Å²) in [7, 11) is 0. The Balaban J connectivity index is 1.29. The first-order valence-corrected chi connectivity index (χ1v) is 10.2. The molecule has 0 radical (unpaired) electrons. The molecule has 1 aromatic heterocycles. The van der Waals surface area contributed by atoms with Gasteiger partial charge in [-0.05, 0) is 12.1 Å². The fourth-order valence-electron chi connectivity index (χ4n) is 3.67. The van der Waals surface area contributed by atoms with E-state index < -0.39 is 11.7 Å². The minimum Gasteiger partial charge on any atom is -0.379 e. The number of benzene rings is 1. The Kier molecular flexibility index (Phi) is 6.54. The highest BCUT2D eigenvalue weighted by Crippen LogP contribution is 2.31. The Morgan fingerprint density at radius 1 is 1.03 bits per heavy atom. The second kappa shape index (κ2) is 9.33. The molecule has 0 N–H and O–H groups in total. The molecule has 0 aliphatic carbocycles. The lowest BCUT2D eigenvalue weighted by molar-refractivity contribution is -0.137. The van der Waals surface area contributed by atoms with Crippen molar-refractivity contribution in [3.8, 4) is 11.4 Å². The Bertz CT molecular complexity index is 890. The first kappa shape index (κ1) is 21.7. The first-order chi connectivity index (χ1) is 14.9. The number of hydrogen-bond donors (Lipinski definition) is 0. The van der Waals surface area contributed by atoms with Crippen LogP contribution in [0, 0.1) is 0 Å². The van der Waals surface area contributed by atoms with E-state index in [1.807, 2.05) is 4.90 Å². The Hall–Kier alpha value is -2.50. The van der Waals surface area contributed by atoms with Crippen molar-refractivity contribution in [3.63, 3.8) is 0 Å². The van der Waals surface area contributed by atoms with Crippen molar-refractivity contribution in [3.05, 3.63) is 35.7 Å². The number of morpholine rings is 1. The molecule has 1 aromatic carbocycles. The van der Waals surface area contributed by atoms with Crippen molar-refractivity contribution in [2.45, 2.75) is 12.7 Å². The van der Waals surface area contributed by atoms with Gasteiger partial charge in [0.1, 0.15) is 0 Å². The van der Waals surface area contributed by atoms with Crippen LogP contribution in [0.25, 0.3) is 11.4 Å². The molecule has 4 rings (SSSR count). The van der Waals surface area contributed by atoms with Gasteiger partial charge in [-0.2, -0.15) is 18.2 Å². The van der Waals surface area contributed by atoms with Crippen molar-refractivity contribution < 1.29 is 27.2 Å². The summed E-state index contributed by atoms with van der Waals surface area (Å²) in [5.74, 6) is 0.576. The van der Waals surface area contributed by atoms with E-state index >= 15 is 0 Å². The van der Waals surface area contributed by atoms with Crippen molar-refractivity contribution in [2.75, 3.05) is 59.0 Å². The number of amides is 1. The Morgan fingerprint density at radius 2 is 1.77 bits per heavy atom. The molecule has 0 unspecified atom stereocenters. The minimum atomic E-state index is -4.43. The normalized spacial score (nSPS) is 19.0. The van der Waals surface area contributed by atoms with Gasteiger partial charge in [0.05, 0.1) is 31.9 Å². The van der Waals surface area contributed by atoms with Crippen LogP contribution in [-0.4, -0.2) is 89.8 Å². The molecule has 2 aliphatic heterocycles. The van der Waals surface area contributed by atoms with E-state index in [1.54, 1.807) is 0 Å². The number of halogens is 3. The van der Waals surface area contributed by atoms with Crippen LogP contribution < -0.4 is 0 Å². The molecule has 0 atom stereocenters. The van der Waals surface area contributed by atoms with Gasteiger partial charge in [-0.1, -0.05) is 17.3 Å². The van der Waals surface area contributed by atoms with Gasteiger partial charge in [0.2, 0.25) is 17.6 Å². The predicted molar refractivity (Wildman–Crippen MR) is 104 cm³/mol. The summed E-state index contributed by atoms with van der Waals surface area (Å²) < 4.78 is 49.3. The van der Waals surface area contributed by atoms with E-state index in [4.69, 9.17) is 9.26 Å². The zero-order valence-corrected chi connectivity index (χ0v) is 17.0. The molecule has 31 heavy (non-hydrogen) atoms. The zero-order chi connectivity index (χ0) is 21.8. The number of nitrogens with zero attached hydrogens (tertiary/aromatic N) is 5. The maximum Gasteiger partial charge on any atom is 0.416 e. The van der Waals surface area contributed by atoms with Crippen LogP contribution in [0.3, 0.4) is 0 Å². The van der Waals surface area contributed by atoms with Gasteiger partial charge < -0.3 is 14.2 Å². The predicted octanol–water partition coefficient (Wildman–Crippen LogP) is 1.73. The van der Waals surface area contributed by atoms with Crippen molar-refractivity contribution in [2.24, 2.45) is 0 Å². The molecule has 0 saturated carbocycles. The number of rotatable bonds is 5. The summed E-state index contributed by atoms with van der Waals surface area (Å²) in [5, 5.41) is 3.82. The molecule has 0 bridgehead atoms. The standard InChI is InChI=1S/C20H24F3N5O3/c21-20(22,23)16-3-1-2-15(12-16)19-24-17(31-25-19)13-26-4-6-28(7-5-26)18(29)14-27-8-10-30-11-9-27/h1-3,12H,4-11,13-14H2. The number of aromatic nitrogens is 2. The van der Waals surface area contributed by atoms with Crippen LogP contribution >= 0.6 is 0 Å². The number of hydrogen-bond acceptors (Lipinski definition) is 7. The summed E-state index contributed by atoms with van der Waals surface area (Å²) in [4.78, 5) is 22.8. The highest BCUT2D eigenvalue weighted by molar-refractivity contribution is 5.78. The summed E-state index contributed by atoms with van der Waals surface area (Å²) in [6.45, 7) is 6.21. The fourth-order valence-corrected chi connectivity index (χ4v) is 3.67. The van der Waals surface area contributed by atoms with E-state index in [0.717, 1.165) is 25.2 Å². The van der Waals surface area contributed by atoms with Crippen LogP contribution in [0.1, 0.15) is 11.5 Å². The second-order valence-electron chi connectivity index (χ2n) is 7.64. The lowest BCUT2D eigenvalue weighted by atomic mass is 10.1. The van der Waals surface area contributed by atoms with Gasteiger partial charge >= 0.3 is 6.18 Å². The third-order valence-corrected chi connectivity index (χ3v) is 5.46. The molecule has 168 valence electrons. The molecule has 1 amide bonds. The number of piperazine rings is 1. The fraction of sp³-hybridized carbons (Fsp3) is 0.550. The van der Waals surface area contributed by atoms with E-state index in [9.17, 15) is 18.0 Å². The lowest BCUT2D eigenvalue weighted by Crippen LogP contribution is -2.52. The van der Waals surface area contributed by atoms with Crippen molar-refractivity contribution >= 4 is 5.91 Å². The topological polar surface area (TPSA) is 74.9 Å². The SMILES string of the molecule is O=C(CN1CCOCC1)N1CCN(Cc2nc(-c3cccc(C(F)(F)F)c3)no2)CC1. The van der Waals surface area contributed by atoms with E-state index in [2.05, 4.69) is 19.9 Å². The lowest BCUT2D eigenvalue weighted by Gasteiger charge is -2.35. The number of alkyl halides is 3. The van der Waals surface area contributed by atoms with Gasteiger partial charge in [0.25, 0.3) is 0 Å². The van der Waals surface area contributed by atoms with E-state index in [-0.39, 0.29) is 17.3 Å². The summed E-state index contributed by atoms with van der Waals surface area (Å²) in [6.07, 6.45) is -4.43. The van der Waals surface area contributed by atoms with Gasteiger partial charge in [-0.15, -0.1) is 0 Å². The van der Waals surface area contributed by atoms with Crippen LogP contribution in [0.15, 0.2) is 28.8 Å². The van der Waals surface area contributed by atoms with Crippen molar-refractivity contribution in [1.29, 1.82) is 0 Å². The maximum absolute atomic E-state index is 12.9. The van der Waals surface area contributed by atoms with Gasteiger partial charge in [0.15, 0.2) is 0 Å². The molecular weight excluding hydrogens is 415 g/mol. The van der Waals surface area contributed by atoms with Crippen LogP contribution in [0.2, 0.25) is 0 Å². The molecule has 0 spiro atoms. The average Bonchev–Trinajstić information content (AvgIpc) is 3.23. The Morgan fingerprint density at radius 3 is 2.48 bits per heavy atom. The van der Waals surface area contributed by atoms with Gasteiger partial charge in [0, 0.05) is 44.8 Å². The second-order valence-corrected chi connectivity index (χ2v) is 7.64. The minimum absolute atomic E-state index is 0.117. The average molecular weight is 439 g/mol. The summed E-state index contributed by atoms with van der Waals surface area (Å²) >= 11 is 0. The van der Waals surface area contributed by atoms with Gasteiger partial charge in [-0.25, -0.2) is 0 Å². The van der Waals surface area contributed by atoms with E-state index in [0.29, 0.717) is 58.4 Å². The summed E-state index contributed by atoms with van der Waals surface area (Å²) in [5.41, 5.74) is -0.502. The largest absolute Gasteiger partial charge is 0.416 e. The molecule has 2 aliphatic rings. The molecule has 11 heteroatoms. The zero-order valence-electron chi connectivity index (χ0n) is 17.0. The number of carbonyl (C=O) groups excluding carboxylic acids is 1. The smallest absolute Gasteiger partial charge is 0.379 e. The van der Waals surface area contributed by atoms with E-state index in [1.165, 1.54) is 12.1 Å². The first-order valence-electron chi connectivity index (χ1n) is 10.2. The highest BCUT2D eigenvalue weighted by atomic mass is 19.4. The van der Waals surface area contributed by atoms with Crippen LogP contribution in [-0.2, 0) is 22.3 Å². The monoisotopic (exact) mass is 439 g/mol. The molecule has 2 fully saturated rings. The Labute approximate surface area is 177 Å². The highest BCUT2D eigenvalue weighted by Gasteiger charge is 2.31. The number of carbonyl (C=O) groups is 1. The van der Waals surface area contributed by atoms with Crippen molar-refractivity contribution in [1.82, 2.24) is 24.8 Å².